The van der Waals surface area contributed by atoms with Gasteiger partial charge in [0.2, 0.25) is 0 Å². The fourth-order valence-electron chi connectivity index (χ4n) is 2.85. The lowest BCUT2D eigenvalue weighted by atomic mass is 9.95. The zero-order valence-corrected chi connectivity index (χ0v) is 16.8. The van der Waals surface area contributed by atoms with E-state index in [0.717, 1.165) is 37.0 Å². The molecule has 5 nitrogen and oxygen atoms in total. The molecule has 2 atom stereocenters. The Bertz CT molecular complexity index is 587. The van der Waals surface area contributed by atoms with Crippen molar-refractivity contribution in [3.63, 3.8) is 0 Å². The molecule has 0 spiro atoms. The maximum atomic E-state index is 11.1. The first kappa shape index (κ1) is 22.9. The highest BCUT2D eigenvalue weighted by atomic mass is 16.6. The lowest BCUT2D eigenvalue weighted by Crippen LogP contribution is -2.07. The summed E-state index contributed by atoms with van der Waals surface area (Å²) in [4.78, 5) is 16.0. The number of hydrogen-bond acceptors (Lipinski definition) is 5. The van der Waals surface area contributed by atoms with Crippen LogP contribution in [0.5, 0.6) is 0 Å². The van der Waals surface area contributed by atoms with Crippen LogP contribution in [0.3, 0.4) is 0 Å². The molecule has 0 aromatic heterocycles. The van der Waals surface area contributed by atoms with Crippen LogP contribution >= 0.6 is 0 Å². The van der Waals surface area contributed by atoms with Gasteiger partial charge in [0.1, 0.15) is 12.8 Å². The third-order valence-corrected chi connectivity index (χ3v) is 4.33. The Morgan fingerprint density at radius 1 is 1.26 bits per heavy atom. The highest BCUT2D eigenvalue weighted by molar-refractivity contribution is 6.11. The van der Waals surface area contributed by atoms with Crippen molar-refractivity contribution >= 4 is 11.7 Å². The maximum absolute atomic E-state index is 11.1. The van der Waals surface area contributed by atoms with Gasteiger partial charge in [0.25, 0.3) is 0 Å². The SMILES string of the molecule is CC/C=C\CC(O)C/C=C1/C(=N\OC)C=CC1C/C=C\CCCC(=O)OC. The van der Waals surface area contributed by atoms with E-state index in [1.54, 1.807) is 0 Å². The fourth-order valence-corrected chi connectivity index (χ4v) is 2.85. The summed E-state index contributed by atoms with van der Waals surface area (Å²) in [5.74, 6) is 0.0641. The Morgan fingerprint density at radius 3 is 2.78 bits per heavy atom. The van der Waals surface area contributed by atoms with E-state index in [0.29, 0.717) is 19.3 Å². The Balaban J connectivity index is 2.57. The van der Waals surface area contributed by atoms with E-state index < -0.39 is 0 Å². The van der Waals surface area contributed by atoms with E-state index in [1.807, 2.05) is 12.2 Å². The number of carbonyl (C=O) groups is 1. The highest BCUT2D eigenvalue weighted by Crippen LogP contribution is 2.27. The molecule has 0 fully saturated rings. The zero-order valence-electron chi connectivity index (χ0n) is 16.8. The number of unbranched alkanes of at least 4 members (excludes halogenated alkanes) is 1. The first-order valence-corrected chi connectivity index (χ1v) is 9.67. The van der Waals surface area contributed by atoms with Gasteiger partial charge in [-0.2, -0.15) is 0 Å². The molecule has 0 bridgehead atoms. The molecular formula is C22H33NO4. The zero-order chi connectivity index (χ0) is 19.9. The van der Waals surface area contributed by atoms with Crippen molar-refractivity contribution in [2.45, 2.75) is 58.0 Å². The summed E-state index contributed by atoms with van der Waals surface area (Å²) in [6.45, 7) is 2.08. The van der Waals surface area contributed by atoms with Gasteiger partial charge in [-0.1, -0.05) is 48.5 Å². The average Bonchev–Trinajstić information content (AvgIpc) is 3.04. The topological polar surface area (TPSA) is 68.1 Å². The number of aliphatic hydroxyl groups is 1. The van der Waals surface area contributed by atoms with Crippen LogP contribution in [0.25, 0.3) is 0 Å². The summed E-state index contributed by atoms with van der Waals surface area (Å²) in [5.41, 5.74) is 1.91. The first-order valence-electron chi connectivity index (χ1n) is 9.67. The maximum Gasteiger partial charge on any atom is 0.305 e. The van der Waals surface area contributed by atoms with Crippen molar-refractivity contribution < 1.29 is 19.5 Å². The number of methoxy groups -OCH3 is 1. The minimum Gasteiger partial charge on any atom is -0.469 e. The second kappa shape index (κ2) is 14.0. The fraction of sp³-hybridized carbons (Fsp3) is 0.545. The molecule has 0 heterocycles. The highest BCUT2D eigenvalue weighted by Gasteiger charge is 2.21. The second-order valence-electron chi connectivity index (χ2n) is 6.46. The molecular weight excluding hydrogens is 342 g/mol. The number of rotatable bonds is 12. The molecule has 0 amide bonds. The van der Waals surface area contributed by atoms with Gasteiger partial charge in [0.15, 0.2) is 0 Å². The summed E-state index contributed by atoms with van der Waals surface area (Å²) >= 11 is 0. The summed E-state index contributed by atoms with van der Waals surface area (Å²) in [5, 5.41) is 14.2. The molecule has 1 aliphatic rings. The number of esters is 1. The quantitative estimate of drug-likeness (QED) is 0.236. The largest absolute Gasteiger partial charge is 0.469 e. The van der Waals surface area contributed by atoms with E-state index in [9.17, 15) is 9.90 Å². The van der Waals surface area contributed by atoms with Gasteiger partial charge in [0, 0.05) is 12.3 Å². The van der Waals surface area contributed by atoms with Gasteiger partial charge >= 0.3 is 5.97 Å². The molecule has 0 saturated carbocycles. The molecule has 0 aliphatic heterocycles. The molecule has 1 rings (SSSR count). The lowest BCUT2D eigenvalue weighted by Gasteiger charge is -2.11. The summed E-state index contributed by atoms with van der Waals surface area (Å²) in [6, 6.07) is 0. The Labute approximate surface area is 163 Å². The van der Waals surface area contributed by atoms with Gasteiger partial charge in [-0.15, -0.1) is 0 Å². The van der Waals surface area contributed by atoms with Crippen LogP contribution in [0, 0.1) is 5.92 Å². The van der Waals surface area contributed by atoms with Gasteiger partial charge in [-0.05, 0) is 50.2 Å². The van der Waals surface area contributed by atoms with E-state index >= 15 is 0 Å². The van der Waals surface area contributed by atoms with E-state index in [4.69, 9.17) is 4.84 Å². The third-order valence-electron chi connectivity index (χ3n) is 4.33. The van der Waals surface area contributed by atoms with Gasteiger partial charge < -0.3 is 14.7 Å². The lowest BCUT2D eigenvalue weighted by molar-refractivity contribution is -0.140. The van der Waals surface area contributed by atoms with Crippen LogP contribution < -0.4 is 0 Å². The second-order valence-corrected chi connectivity index (χ2v) is 6.46. The van der Waals surface area contributed by atoms with Gasteiger partial charge in [0.05, 0.1) is 13.2 Å². The van der Waals surface area contributed by atoms with Gasteiger partial charge in [-0.3, -0.25) is 4.79 Å². The van der Waals surface area contributed by atoms with Crippen molar-refractivity contribution in [2.24, 2.45) is 11.1 Å². The predicted octanol–water partition coefficient (Wildman–Crippen LogP) is 4.50. The molecule has 2 unspecified atom stereocenters. The standard InChI is InChI=1S/C22H33NO4/c1-4-5-8-12-19(24)15-16-20-18(14-17-21(20)23-27-3)11-9-6-7-10-13-22(25)26-2/h5-6,8-9,14,16-19,24H,4,7,10-13,15H2,1-3H3/b8-5-,9-6-,20-16+,23-21-. The molecule has 0 aromatic carbocycles. The molecule has 0 radical (unpaired) electrons. The van der Waals surface area contributed by atoms with Crippen LogP contribution in [-0.2, 0) is 14.4 Å². The van der Waals surface area contributed by atoms with Crippen LogP contribution in [0.1, 0.15) is 51.9 Å². The van der Waals surface area contributed by atoms with Crippen molar-refractivity contribution in [3.8, 4) is 0 Å². The van der Waals surface area contributed by atoms with Crippen molar-refractivity contribution in [1.82, 2.24) is 0 Å². The summed E-state index contributed by atoms with van der Waals surface area (Å²) in [7, 11) is 2.95. The monoisotopic (exact) mass is 375 g/mol. The molecule has 0 aromatic rings. The Kier molecular flexibility index (Phi) is 11.9. The van der Waals surface area contributed by atoms with E-state index in [-0.39, 0.29) is 18.0 Å². The van der Waals surface area contributed by atoms with Crippen LogP contribution in [0.4, 0.5) is 0 Å². The Hall–Kier alpha value is -2.14. The Morgan fingerprint density at radius 2 is 2.07 bits per heavy atom. The number of ether oxygens (including phenoxy) is 1. The summed E-state index contributed by atoms with van der Waals surface area (Å²) in [6.07, 6.45) is 19.3. The minimum atomic E-state index is -0.390. The summed E-state index contributed by atoms with van der Waals surface area (Å²) < 4.78 is 4.63. The molecule has 150 valence electrons. The van der Waals surface area contributed by atoms with Crippen molar-refractivity contribution in [2.75, 3.05) is 14.2 Å². The number of hydrogen-bond donors (Lipinski definition) is 1. The van der Waals surface area contributed by atoms with Crippen LogP contribution in [0.2, 0.25) is 0 Å². The first-order chi connectivity index (χ1) is 13.1. The number of carbonyl (C=O) groups excluding carboxylic acids is 1. The third kappa shape index (κ3) is 9.38. The number of aliphatic hydroxyl groups excluding tert-OH is 1. The molecule has 27 heavy (non-hydrogen) atoms. The van der Waals surface area contributed by atoms with Crippen molar-refractivity contribution in [3.05, 3.63) is 48.1 Å². The molecule has 1 N–H and O–H groups in total. The number of oxime groups is 1. The molecule has 0 saturated heterocycles. The van der Waals surface area contributed by atoms with Crippen LogP contribution in [-0.4, -0.2) is 37.1 Å². The minimum absolute atomic E-state index is 0.167. The van der Waals surface area contributed by atoms with E-state index in [2.05, 4.69) is 47.2 Å². The molecule has 5 heteroatoms. The number of nitrogens with zero attached hydrogens (tertiary/aromatic N) is 1. The van der Waals surface area contributed by atoms with Gasteiger partial charge in [-0.25, -0.2) is 0 Å². The van der Waals surface area contributed by atoms with Crippen molar-refractivity contribution in [1.29, 1.82) is 0 Å². The predicted molar refractivity (Wildman–Crippen MR) is 109 cm³/mol. The normalized spacial score (nSPS) is 21.0. The van der Waals surface area contributed by atoms with E-state index in [1.165, 1.54) is 14.2 Å². The average molecular weight is 376 g/mol. The number of allylic oxidation sites excluding steroid dienone is 6. The molecule has 1 aliphatic carbocycles. The smallest absolute Gasteiger partial charge is 0.305 e. The van der Waals surface area contributed by atoms with Crippen LogP contribution in [0.15, 0.2) is 53.3 Å².